The average Bonchev–Trinajstić information content (AvgIpc) is 2.81. The summed E-state index contributed by atoms with van der Waals surface area (Å²) in [5.41, 5.74) is 2.54. The monoisotopic (exact) mass is 384 g/mol. The average molecular weight is 384 g/mol. The first kappa shape index (κ1) is 19.0. The number of anilines is 2. The Morgan fingerprint density at radius 1 is 1.22 bits per heavy atom. The molecular formula is C20H20N2O4S. The summed E-state index contributed by atoms with van der Waals surface area (Å²) in [6.07, 6.45) is -0.532. The molecule has 2 amide bonds. The molecule has 1 aliphatic rings. The van der Waals surface area contributed by atoms with Crippen molar-refractivity contribution >= 4 is 40.9 Å². The van der Waals surface area contributed by atoms with Crippen molar-refractivity contribution in [2.75, 3.05) is 16.4 Å². The summed E-state index contributed by atoms with van der Waals surface area (Å²) >= 11 is 1.56. The fraction of sp³-hybridized carbons (Fsp3) is 0.250. The van der Waals surface area contributed by atoms with E-state index in [0.29, 0.717) is 23.5 Å². The fourth-order valence-corrected chi connectivity index (χ4v) is 3.53. The van der Waals surface area contributed by atoms with Crippen LogP contribution in [0.5, 0.6) is 0 Å². The number of rotatable bonds is 4. The van der Waals surface area contributed by atoms with Crippen molar-refractivity contribution in [1.82, 2.24) is 0 Å². The summed E-state index contributed by atoms with van der Waals surface area (Å²) in [7, 11) is 0. The highest BCUT2D eigenvalue weighted by atomic mass is 32.2. The van der Waals surface area contributed by atoms with Crippen molar-refractivity contribution in [2.45, 2.75) is 31.3 Å². The molecule has 0 saturated carbocycles. The van der Waals surface area contributed by atoms with E-state index in [9.17, 15) is 14.4 Å². The molecule has 2 N–H and O–H groups in total. The number of hydrogen-bond acceptors (Lipinski definition) is 5. The van der Waals surface area contributed by atoms with Gasteiger partial charge in [-0.1, -0.05) is 12.1 Å². The van der Waals surface area contributed by atoms with Crippen LogP contribution in [-0.2, 0) is 14.3 Å². The van der Waals surface area contributed by atoms with Gasteiger partial charge in [0.15, 0.2) is 6.10 Å². The van der Waals surface area contributed by atoms with Crippen LogP contribution in [0.4, 0.5) is 11.4 Å². The first-order chi connectivity index (χ1) is 12.9. The molecule has 3 rings (SSSR count). The molecule has 0 spiro atoms. The van der Waals surface area contributed by atoms with Crippen LogP contribution in [0.25, 0.3) is 0 Å². The van der Waals surface area contributed by atoms with Gasteiger partial charge in [-0.3, -0.25) is 9.59 Å². The molecule has 27 heavy (non-hydrogen) atoms. The van der Waals surface area contributed by atoms with E-state index in [2.05, 4.69) is 10.6 Å². The van der Waals surface area contributed by atoms with E-state index in [1.807, 2.05) is 25.1 Å². The molecule has 2 aromatic carbocycles. The SMILES string of the molecule is Cc1cccc(NC(=O)[C@H](C)OC(=O)c2ccc3c(c2)NC(=O)CCS3)c1. The van der Waals surface area contributed by atoms with E-state index in [1.165, 1.54) is 6.92 Å². The van der Waals surface area contributed by atoms with Crippen molar-refractivity contribution < 1.29 is 19.1 Å². The van der Waals surface area contributed by atoms with E-state index in [-0.39, 0.29) is 11.5 Å². The van der Waals surface area contributed by atoms with E-state index >= 15 is 0 Å². The highest BCUT2D eigenvalue weighted by molar-refractivity contribution is 7.99. The predicted octanol–water partition coefficient (Wildman–Crippen LogP) is 3.61. The molecule has 2 aromatic rings. The molecular weight excluding hydrogens is 364 g/mol. The van der Waals surface area contributed by atoms with Gasteiger partial charge in [-0.05, 0) is 49.7 Å². The number of amides is 2. The van der Waals surface area contributed by atoms with Crippen LogP contribution in [0, 0.1) is 6.92 Å². The van der Waals surface area contributed by atoms with E-state index < -0.39 is 18.0 Å². The topological polar surface area (TPSA) is 84.5 Å². The molecule has 0 unspecified atom stereocenters. The van der Waals surface area contributed by atoms with Gasteiger partial charge in [0, 0.05) is 22.8 Å². The second-order valence-corrected chi connectivity index (χ2v) is 7.40. The normalized spacial score (nSPS) is 14.4. The zero-order valence-electron chi connectivity index (χ0n) is 15.1. The van der Waals surface area contributed by atoms with Gasteiger partial charge >= 0.3 is 5.97 Å². The van der Waals surface area contributed by atoms with Crippen molar-refractivity contribution in [3.63, 3.8) is 0 Å². The summed E-state index contributed by atoms with van der Waals surface area (Å²) in [6, 6.07) is 12.4. The molecule has 0 saturated heterocycles. The third kappa shape index (κ3) is 4.89. The van der Waals surface area contributed by atoms with E-state index in [1.54, 1.807) is 36.0 Å². The van der Waals surface area contributed by atoms with Gasteiger partial charge in [-0.15, -0.1) is 11.8 Å². The molecule has 6 nitrogen and oxygen atoms in total. The van der Waals surface area contributed by atoms with Gasteiger partial charge in [-0.25, -0.2) is 4.79 Å². The number of carbonyl (C=O) groups is 3. The number of benzene rings is 2. The Morgan fingerprint density at radius 3 is 2.81 bits per heavy atom. The van der Waals surface area contributed by atoms with Gasteiger partial charge in [0.25, 0.3) is 5.91 Å². The highest BCUT2D eigenvalue weighted by Gasteiger charge is 2.21. The number of hydrogen-bond donors (Lipinski definition) is 2. The smallest absolute Gasteiger partial charge is 0.338 e. The lowest BCUT2D eigenvalue weighted by Crippen LogP contribution is -2.30. The maximum atomic E-state index is 12.4. The van der Waals surface area contributed by atoms with Gasteiger partial charge in [0.1, 0.15) is 0 Å². The van der Waals surface area contributed by atoms with Crippen molar-refractivity contribution in [2.24, 2.45) is 0 Å². The van der Waals surface area contributed by atoms with Gasteiger partial charge in [0.2, 0.25) is 5.91 Å². The number of thioether (sulfide) groups is 1. The van der Waals surface area contributed by atoms with Crippen LogP contribution >= 0.6 is 11.8 Å². The van der Waals surface area contributed by atoms with Crippen LogP contribution in [0.2, 0.25) is 0 Å². The van der Waals surface area contributed by atoms with Crippen molar-refractivity contribution in [3.8, 4) is 0 Å². The molecule has 1 aliphatic heterocycles. The number of ether oxygens (including phenoxy) is 1. The number of fused-ring (bicyclic) bond motifs is 1. The summed E-state index contributed by atoms with van der Waals surface area (Å²) in [5, 5.41) is 5.51. The summed E-state index contributed by atoms with van der Waals surface area (Å²) in [6.45, 7) is 3.44. The van der Waals surface area contributed by atoms with Crippen LogP contribution < -0.4 is 10.6 Å². The Kier molecular flexibility index (Phi) is 5.81. The molecule has 0 bridgehead atoms. The summed E-state index contributed by atoms with van der Waals surface area (Å²) in [4.78, 5) is 37.3. The van der Waals surface area contributed by atoms with E-state index in [4.69, 9.17) is 4.74 Å². The molecule has 1 atom stereocenters. The molecule has 0 radical (unpaired) electrons. The van der Waals surface area contributed by atoms with Crippen LogP contribution in [0.15, 0.2) is 47.4 Å². The zero-order valence-corrected chi connectivity index (χ0v) is 15.9. The lowest BCUT2D eigenvalue weighted by molar-refractivity contribution is -0.123. The van der Waals surface area contributed by atoms with Crippen LogP contribution in [0.1, 0.15) is 29.3 Å². The number of carbonyl (C=O) groups excluding carboxylic acids is 3. The first-order valence-electron chi connectivity index (χ1n) is 8.57. The van der Waals surface area contributed by atoms with Crippen molar-refractivity contribution in [3.05, 3.63) is 53.6 Å². The zero-order chi connectivity index (χ0) is 19.4. The summed E-state index contributed by atoms with van der Waals surface area (Å²) < 4.78 is 5.28. The number of esters is 1. The molecule has 0 aromatic heterocycles. The van der Waals surface area contributed by atoms with E-state index in [0.717, 1.165) is 10.5 Å². The Balaban J connectivity index is 1.66. The predicted molar refractivity (Wildman–Crippen MR) is 105 cm³/mol. The van der Waals surface area contributed by atoms with Gasteiger partial charge in [0.05, 0.1) is 11.3 Å². The number of aryl methyl sites for hydroxylation is 1. The molecule has 7 heteroatoms. The molecule has 1 heterocycles. The largest absolute Gasteiger partial charge is 0.449 e. The third-order valence-electron chi connectivity index (χ3n) is 4.01. The minimum absolute atomic E-state index is 0.0855. The highest BCUT2D eigenvalue weighted by Crippen LogP contribution is 2.31. The Hall–Kier alpha value is -2.80. The minimum atomic E-state index is -0.958. The second-order valence-electron chi connectivity index (χ2n) is 6.26. The van der Waals surface area contributed by atoms with Gasteiger partial charge < -0.3 is 15.4 Å². The first-order valence-corrected chi connectivity index (χ1v) is 9.56. The van der Waals surface area contributed by atoms with Crippen LogP contribution in [0.3, 0.4) is 0 Å². The second kappa shape index (κ2) is 8.26. The minimum Gasteiger partial charge on any atom is -0.449 e. The van der Waals surface area contributed by atoms with Crippen molar-refractivity contribution in [1.29, 1.82) is 0 Å². The number of nitrogens with one attached hydrogen (secondary N) is 2. The quantitative estimate of drug-likeness (QED) is 0.787. The lowest BCUT2D eigenvalue weighted by Gasteiger charge is -2.14. The molecule has 140 valence electrons. The third-order valence-corrected chi connectivity index (χ3v) is 5.09. The maximum Gasteiger partial charge on any atom is 0.338 e. The summed E-state index contributed by atoms with van der Waals surface area (Å²) in [5.74, 6) is -0.419. The van der Waals surface area contributed by atoms with Crippen LogP contribution in [-0.4, -0.2) is 29.6 Å². The lowest BCUT2D eigenvalue weighted by atomic mass is 10.2. The van der Waals surface area contributed by atoms with Gasteiger partial charge in [-0.2, -0.15) is 0 Å². The molecule has 0 aliphatic carbocycles. The molecule has 0 fully saturated rings. The Bertz CT molecular complexity index is 897. The standard InChI is InChI=1S/C20H20N2O4S/c1-12-4-3-5-15(10-12)21-19(24)13(2)26-20(25)14-6-7-17-16(11-14)22-18(23)8-9-27-17/h3-7,10-11,13H,8-9H2,1-2H3,(H,21,24)(H,22,23)/t13-/m0/s1. The Labute approximate surface area is 161 Å². The Morgan fingerprint density at radius 2 is 2.04 bits per heavy atom. The fourth-order valence-electron chi connectivity index (χ4n) is 2.60. The maximum absolute atomic E-state index is 12.4.